The molecule has 0 amide bonds. The van der Waals surface area contributed by atoms with Crippen molar-refractivity contribution in [2.45, 2.75) is 13.3 Å². The highest BCUT2D eigenvalue weighted by Crippen LogP contribution is 2.29. The summed E-state index contributed by atoms with van der Waals surface area (Å²) in [5, 5.41) is 0. The van der Waals surface area contributed by atoms with Gasteiger partial charge >= 0.3 is 0 Å². The van der Waals surface area contributed by atoms with Crippen LogP contribution < -0.4 is 9.47 Å². The van der Waals surface area contributed by atoms with E-state index in [0.29, 0.717) is 13.2 Å². The lowest BCUT2D eigenvalue weighted by Crippen LogP contribution is -2.01. The summed E-state index contributed by atoms with van der Waals surface area (Å²) >= 11 is 0. The first-order chi connectivity index (χ1) is 7.83. The van der Waals surface area contributed by atoms with Crippen molar-refractivity contribution < 1.29 is 9.47 Å². The first kappa shape index (κ1) is 12.4. The maximum atomic E-state index is 5.58. The SMILES string of the molecule is C=CCOc1cccc(OCC)c1CC=C. The minimum atomic E-state index is 0.500. The van der Waals surface area contributed by atoms with Crippen molar-refractivity contribution in [1.82, 2.24) is 0 Å². The minimum absolute atomic E-state index is 0.500. The minimum Gasteiger partial charge on any atom is -0.493 e. The predicted octanol–water partition coefficient (Wildman–Crippen LogP) is 3.38. The van der Waals surface area contributed by atoms with Gasteiger partial charge in [0.1, 0.15) is 18.1 Å². The molecule has 0 saturated heterocycles. The maximum absolute atomic E-state index is 5.58. The molecular formula is C14H18O2. The van der Waals surface area contributed by atoms with Crippen molar-refractivity contribution in [2.75, 3.05) is 13.2 Å². The average molecular weight is 218 g/mol. The third-order valence-corrected chi connectivity index (χ3v) is 2.10. The lowest BCUT2D eigenvalue weighted by Gasteiger charge is -2.13. The van der Waals surface area contributed by atoms with E-state index in [1.54, 1.807) is 6.08 Å². The molecular weight excluding hydrogens is 200 g/mol. The Balaban J connectivity index is 2.99. The molecule has 0 aliphatic heterocycles. The molecule has 16 heavy (non-hydrogen) atoms. The molecule has 1 rings (SSSR count). The Kier molecular flexibility index (Phi) is 5.20. The molecule has 1 aromatic carbocycles. The summed E-state index contributed by atoms with van der Waals surface area (Å²) in [5.74, 6) is 1.70. The van der Waals surface area contributed by atoms with E-state index >= 15 is 0 Å². The molecule has 0 bridgehead atoms. The Labute approximate surface area is 97.2 Å². The number of benzene rings is 1. The second-order valence-electron chi connectivity index (χ2n) is 3.26. The lowest BCUT2D eigenvalue weighted by molar-refractivity contribution is 0.325. The zero-order chi connectivity index (χ0) is 11.8. The van der Waals surface area contributed by atoms with Gasteiger partial charge in [0.25, 0.3) is 0 Å². The maximum Gasteiger partial charge on any atom is 0.126 e. The summed E-state index contributed by atoms with van der Waals surface area (Å²) in [5.41, 5.74) is 1.04. The Hall–Kier alpha value is -1.70. The second-order valence-corrected chi connectivity index (χ2v) is 3.26. The largest absolute Gasteiger partial charge is 0.493 e. The zero-order valence-corrected chi connectivity index (χ0v) is 9.74. The number of allylic oxidation sites excluding steroid dienone is 1. The molecule has 2 heteroatoms. The third-order valence-electron chi connectivity index (χ3n) is 2.10. The molecule has 0 saturated carbocycles. The van der Waals surface area contributed by atoms with Crippen LogP contribution in [0.1, 0.15) is 12.5 Å². The van der Waals surface area contributed by atoms with Gasteiger partial charge in [-0.2, -0.15) is 0 Å². The molecule has 86 valence electrons. The Morgan fingerprint density at radius 2 is 1.81 bits per heavy atom. The van der Waals surface area contributed by atoms with Crippen LogP contribution in [0.2, 0.25) is 0 Å². The third kappa shape index (κ3) is 3.16. The van der Waals surface area contributed by atoms with Gasteiger partial charge in [-0.1, -0.05) is 24.8 Å². The molecule has 0 aliphatic rings. The smallest absolute Gasteiger partial charge is 0.126 e. The first-order valence-corrected chi connectivity index (χ1v) is 5.42. The molecule has 0 aromatic heterocycles. The number of rotatable bonds is 7. The highest BCUT2D eigenvalue weighted by atomic mass is 16.5. The zero-order valence-electron chi connectivity index (χ0n) is 9.74. The van der Waals surface area contributed by atoms with Crippen molar-refractivity contribution in [1.29, 1.82) is 0 Å². The first-order valence-electron chi connectivity index (χ1n) is 5.42. The Bertz CT molecular complexity index is 356. The van der Waals surface area contributed by atoms with Crippen LogP contribution in [0.15, 0.2) is 43.5 Å². The van der Waals surface area contributed by atoms with E-state index in [4.69, 9.17) is 9.47 Å². The predicted molar refractivity (Wildman–Crippen MR) is 67.2 cm³/mol. The van der Waals surface area contributed by atoms with Crippen molar-refractivity contribution in [3.05, 3.63) is 49.1 Å². The van der Waals surface area contributed by atoms with E-state index in [1.807, 2.05) is 31.2 Å². The van der Waals surface area contributed by atoms with Gasteiger partial charge in [-0.05, 0) is 25.5 Å². The highest BCUT2D eigenvalue weighted by molar-refractivity contribution is 5.46. The van der Waals surface area contributed by atoms with Gasteiger partial charge in [-0.25, -0.2) is 0 Å². The number of hydrogen-bond acceptors (Lipinski definition) is 2. The van der Waals surface area contributed by atoms with Crippen LogP contribution in [0.3, 0.4) is 0 Å². The second kappa shape index (κ2) is 6.72. The molecule has 0 N–H and O–H groups in total. The summed E-state index contributed by atoms with van der Waals surface area (Å²) in [6.07, 6.45) is 4.31. The molecule has 2 nitrogen and oxygen atoms in total. The van der Waals surface area contributed by atoms with Crippen LogP contribution in [0, 0.1) is 0 Å². The normalized spacial score (nSPS) is 9.56. The van der Waals surface area contributed by atoms with Gasteiger partial charge in [0.2, 0.25) is 0 Å². The van der Waals surface area contributed by atoms with Crippen molar-refractivity contribution in [3.63, 3.8) is 0 Å². The molecule has 0 atom stereocenters. The standard InChI is InChI=1S/C14H18O2/c1-4-8-12-13(15-6-3)9-7-10-14(12)16-11-5-2/h4-5,7,9-10H,1-2,6,8,11H2,3H3. The van der Waals surface area contributed by atoms with Gasteiger partial charge in [0.05, 0.1) is 6.61 Å². The molecule has 0 unspecified atom stereocenters. The number of hydrogen-bond donors (Lipinski definition) is 0. The van der Waals surface area contributed by atoms with Crippen LogP contribution in [0.5, 0.6) is 11.5 Å². The van der Waals surface area contributed by atoms with E-state index in [2.05, 4.69) is 13.2 Å². The highest BCUT2D eigenvalue weighted by Gasteiger charge is 2.08. The Morgan fingerprint density at radius 3 is 2.38 bits per heavy atom. The van der Waals surface area contributed by atoms with Crippen LogP contribution in [0.25, 0.3) is 0 Å². The molecule has 0 fully saturated rings. The van der Waals surface area contributed by atoms with E-state index in [-0.39, 0.29) is 0 Å². The van der Waals surface area contributed by atoms with Gasteiger partial charge < -0.3 is 9.47 Å². The fraction of sp³-hybridized carbons (Fsp3) is 0.286. The summed E-state index contributed by atoms with van der Waals surface area (Å²) in [7, 11) is 0. The lowest BCUT2D eigenvalue weighted by atomic mass is 10.1. The summed E-state index contributed by atoms with van der Waals surface area (Å²) in [6, 6.07) is 5.81. The molecule has 0 aliphatic carbocycles. The van der Waals surface area contributed by atoms with Crippen molar-refractivity contribution >= 4 is 0 Å². The van der Waals surface area contributed by atoms with Crippen LogP contribution in [0.4, 0.5) is 0 Å². The summed E-state index contributed by atoms with van der Waals surface area (Å²) in [6.45, 7) is 10.5. The van der Waals surface area contributed by atoms with Crippen molar-refractivity contribution in [2.24, 2.45) is 0 Å². The Morgan fingerprint density at radius 1 is 1.12 bits per heavy atom. The van der Waals surface area contributed by atoms with E-state index in [0.717, 1.165) is 23.5 Å². The molecule has 1 aromatic rings. The fourth-order valence-corrected chi connectivity index (χ4v) is 1.47. The summed E-state index contributed by atoms with van der Waals surface area (Å²) in [4.78, 5) is 0. The molecule has 0 radical (unpaired) electrons. The van der Waals surface area contributed by atoms with Gasteiger partial charge in [-0.3, -0.25) is 0 Å². The van der Waals surface area contributed by atoms with Crippen LogP contribution >= 0.6 is 0 Å². The van der Waals surface area contributed by atoms with Crippen molar-refractivity contribution in [3.8, 4) is 11.5 Å². The summed E-state index contributed by atoms with van der Waals surface area (Å²) < 4.78 is 11.1. The fourth-order valence-electron chi connectivity index (χ4n) is 1.47. The quantitative estimate of drug-likeness (QED) is 0.653. The van der Waals surface area contributed by atoms with Gasteiger partial charge in [-0.15, -0.1) is 6.58 Å². The van der Waals surface area contributed by atoms with Gasteiger partial charge in [0.15, 0.2) is 0 Å². The topological polar surface area (TPSA) is 18.5 Å². The van der Waals surface area contributed by atoms with E-state index < -0.39 is 0 Å². The van der Waals surface area contributed by atoms with E-state index in [9.17, 15) is 0 Å². The van der Waals surface area contributed by atoms with Gasteiger partial charge in [0, 0.05) is 5.56 Å². The molecule has 0 spiro atoms. The van der Waals surface area contributed by atoms with Crippen LogP contribution in [-0.2, 0) is 6.42 Å². The van der Waals surface area contributed by atoms with E-state index in [1.165, 1.54) is 0 Å². The monoisotopic (exact) mass is 218 g/mol. The van der Waals surface area contributed by atoms with Crippen LogP contribution in [-0.4, -0.2) is 13.2 Å². The molecule has 0 heterocycles. The average Bonchev–Trinajstić information content (AvgIpc) is 2.30. The number of ether oxygens (including phenoxy) is 2.